The molecular weight excluding hydrogens is 649 g/mol. The number of benzene rings is 7. The molecule has 0 aliphatic rings. The Kier molecular flexibility index (Phi) is 5.68. The number of hydrogen-bond donors (Lipinski definition) is 0. The number of hydrogen-bond acceptors (Lipinski definition) is 3. The van der Waals surface area contributed by atoms with E-state index >= 15 is 0 Å². The second-order valence-electron chi connectivity index (χ2n) is 14.7. The Bertz CT molecular complexity index is 3280. The highest BCUT2D eigenvalue weighted by Gasteiger charge is 2.28. The van der Waals surface area contributed by atoms with Crippen molar-refractivity contribution in [1.82, 2.24) is 9.55 Å². The van der Waals surface area contributed by atoms with Crippen LogP contribution in [0.2, 0.25) is 0 Å². The minimum Gasteiger partial charge on any atom is -0.461 e. The normalized spacial score (nSPS) is 14.5. The van der Waals surface area contributed by atoms with Gasteiger partial charge in [-0.1, -0.05) is 107 Å². The maximum absolute atomic E-state index is 8.72. The summed E-state index contributed by atoms with van der Waals surface area (Å²) in [6.45, 7) is 2.97. The van der Waals surface area contributed by atoms with Gasteiger partial charge < -0.3 is 8.83 Å². The van der Waals surface area contributed by atoms with Crippen molar-refractivity contribution in [2.75, 3.05) is 0 Å². The van der Waals surface area contributed by atoms with Crippen LogP contribution in [0.15, 0.2) is 130 Å². The third kappa shape index (κ3) is 4.71. The maximum Gasteiger partial charge on any atom is 0.149 e. The SMILES string of the molecule is [2H]C([2H])([2H])c1oc2ccc3nc(-c4cccc5c4oc4cc6c(ccc7ccccc76)cc45)n(-c4c(C(C)C)cc(-c5ccccc5)cc4C(C)C)c3c2c1C([2H])([2H])[2H]. The monoisotopic (exact) mass is 694 g/mol. The van der Waals surface area contributed by atoms with E-state index in [1.807, 2.05) is 42.5 Å². The number of nitrogens with zero attached hydrogens (tertiary/aromatic N) is 2. The molecule has 3 heterocycles. The number of furan rings is 2. The first-order chi connectivity index (χ1) is 28.2. The van der Waals surface area contributed by atoms with Crippen molar-refractivity contribution in [2.24, 2.45) is 0 Å². The van der Waals surface area contributed by atoms with E-state index in [1.54, 1.807) is 12.1 Å². The molecule has 0 bridgehead atoms. The standard InChI is InChI=1S/C49H40N2O2/c1-27(2)38-24-34(31-13-8-7-9-14-31)25-39(28(3)4)46(38)51-47-42(21-22-43-45(47)29(5)30(6)52-43)50-49(51)37-18-12-17-36-41-23-33-20-19-32-15-10-11-16-35(32)40(33)26-44(41)53-48(36)37/h7-28H,1-6H3/i5D3,6D3. The average Bonchev–Trinajstić information content (AvgIpc) is 3.91. The van der Waals surface area contributed by atoms with Crippen LogP contribution in [0.3, 0.4) is 0 Å². The lowest BCUT2D eigenvalue weighted by atomic mass is 9.88. The van der Waals surface area contributed by atoms with Gasteiger partial charge in [-0.3, -0.25) is 4.57 Å². The van der Waals surface area contributed by atoms with E-state index in [9.17, 15) is 0 Å². The average molecular weight is 695 g/mol. The molecule has 0 N–H and O–H groups in total. The Labute approximate surface area is 316 Å². The molecule has 0 saturated heterocycles. The predicted molar refractivity (Wildman–Crippen MR) is 222 cm³/mol. The number of aromatic nitrogens is 2. The van der Waals surface area contributed by atoms with E-state index in [-0.39, 0.29) is 28.4 Å². The van der Waals surface area contributed by atoms with E-state index in [4.69, 9.17) is 22.0 Å². The van der Waals surface area contributed by atoms with Gasteiger partial charge in [-0.15, -0.1) is 0 Å². The van der Waals surface area contributed by atoms with Crippen molar-refractivity contribution in [3.8, 4) is 28.2 Å². The topological polar surface area (TPSA) is 44.1 Å². The second kappa shape index (κ2) is 11.7. The highest BCUT2D eigenvalue weighted by molar-refractivity contribution is 6.18. The lowest BCUT2D eigenvalue weighted by molar-refractivity contribution is 0.575. The number of fused-ring (bicyclic) bond motifs is 9. The second-order valence-corrected chi connectivity index (χ2v) is 14.7. The molecule has 4 heteroatoms. The summed E-state index contributed by atoms with van der Waals surface area (Å²) in [6, 6.07) is 41.1. The van der Waals surface area contributed by atoms with Gasteiger partial charge in [-0.25, -0.2) is 4.98 Å². The maximum atomic E-state index is 8.72. The third-order valence-corrected chi connectivity index (χ3v) is 10.8. The zero-order valence-electron chi connectivity index (χ0n) is 35.9. The van der Waals surface area contributed by atoms with Gasteiger partial charge in [0.2, 0.25) is 0 Å². The van der Waals surface area contributed by atoms with Crippen molar-refractivity contribution < 1.29 is 17.1 Å². The third-order valence-electron chi connectivity index (χ3n) is 10.8. The summed E-state index contributed by atoms with van der Waals surface area (Å²) in [5.41, 5.74) is 7.94. The van der Waals surface area contributed by atoms with E-state index < -0.39 is 19.5 Å². The fourth-order valence-electron chi connectivity index (χ4n) is 8.24. The summed E-state index contributed by atoms with van der Waals surface area (Å²) < 4.78 is 66.3. The van der Waals surface area contributed by atoms with Gasteiger partial charge in [0.05, 0.1) is 22.3 Å². The van der Waals surface area contributed by atoms with Crippen LogP contribution in [0.4, 0.5) is 0 Å². The van der Waals surface area contributed by atoms with Crippen LogP contribution in [-0.4, -0.2) is 9.55 Å². The molecule has 10 aromatic rings. The van der Waals surface area contributed by atoms with Crippen LogP contribution >= 0.6 is 0 Å². The Balaban J connectivity index is 1.38. The Morgan fingerprint density at radius 3 is 2.13 bits per heavy atom. The Hall–Kier alpha value is -6.13. The number of rotatable bonds is 5. The molecule has 4 nitrogen and oxygen atoms in total. The number of imidazole rings is 1. The molecule has 0 spiro atoms. The van der Waals surface area contributed by atoms with Crippen LogP contribution in [0.25, 0.3) is 93.7 Å². The summed E-state index contributed by atoms with van der Waals surface area (Å²) in [6.07, 6.45) is 0. The first kappa shape index (κ1) is 25.8. The van der Waals surface area contributed by atoms with Crippen molar-refractivity contribution in [3.05, 3.63) is 144 Å². The van der Waals surface area contributed by atoms with Crippen LogP contribution in [0.1, 0.15) is 70.2 Å². The molecule has 7 aromatic carbocycles. The molecule has 0 aliphatic carbocycles. The van der Waals surface area contributed by atoms with Crippen molar-refractivity contribution in [3.63, 3.8) is 0 Å². The molecule has 258 valence electrons. The number of para-hydroxylation sites is 1. The quantitative estimate of drug-likeness (QED) is 0.168. The van der Waals surface area contributed by atoms with Gasteiger partial charge in [-0.05, 0) is 112 Å². The van der Waals surface area contributed by atoms with Gasteiger partial charge in [-0.2, -0.15) is 0 Å². The van der Waals surface area contributed by atoms with Crippen LogP contribution in [0, 0.1) is 13.7 Å². The molecule has 0 unspecified atom stereocenters. The van der Waals surface area contributed by atoms with Crippen LogP contribution < -0.4 is 0 Å². The fraction of sp³-hybridized carbons (Fsp3) is 0.163. The summed E-state index contributed by atoms with van der Waals surface area (Å²) in [4.78, 5) is 5.34. The molecule has 10 rings (SSSR count). The molecule has 0 radical (unpaired) electrons. The molecular formula is C49H40N2O2. The molecule has 0 atom stereocenters. The van der Waals surface area contributed by atoms with Gasteiger partial charge in [0.1, 0.15) is 28.3 Å². The largest absolute Gasteiger partial charge is 0.461 e. The number of aryl methyl sites for hydroxylation is 2. The fourth-order valence-corrected chi connectivity index (χ4v) is 8.24. The molecule has 0 amide bonds. The smallest absolute Gasteiger partial charge is 0.149 e. The van der Waals surface area contributed by atoms with Crippen molar-refractivity contribution in [2.45, 2.75) is 53.2 Å². The first-order valence-corrected chi connectivity index (χ1v) is 18.2. The van der Waals surface area contributed by atoms with Gasteiger partial charge in [0, 0.05) is 29.9 Å². The van der Waals surface area contributed by atoms with Crippen molar-refractivity contribution >= 4 is 65.5 Å². The summed E-state index contributed by atoms with van der Waals surface area (Å²) in [5, 5.41) is 6.57. The minimum atomic E-state index is -2.82. The minimum absolute atomic E-state index is 0.0179. The summed E-state index contributed by atoms with van der Waals surface area (Å²) in [7, 11) is 0. The Morgan fingerprint density at radius 1 is 0.604 bits per heavy atom. The zero-order valence-corrected chi connectivity index (χ0v) is 29.9. The van der Waals surface area contributed by atoms with Gasteiger partial charge in [0.15, 0.2) is 0 Å². The van der Waals surface area contributed by atoms with E-state index in [0.29, 0.717) is 28.0 Å². The summed E-state index contributed by atoms with van der Waals surface area (Å²) in [5.74, 6) is 0.0333. The zero-order chi connectivity index (χ0) is 41.1. The Morgan fingerprint density at radius 2 is 1.36 bits per heavy atom. The van der Waals surface area contributed by atoms with E-state index in [0.717, 1.165) is 65.8 Å². The van der Waals surface area contributed by atoms with Gasteiger partial charge in [0.25, 0.3) is 0 Å². The first-order valence-electron chi connectivity index (χ1n) is 21.2. The lowest BCUT2D eigenvalue weighted by Crippen LogP contribution is -2.09. The highest BCUT2D eigenvalue weighted by Crippen LogP contribution is 2.45. The lowest BCUT2D eigenvalue weighted by Gasteiger charge is -2.24. The molecule has 53 heavy (non-hydrogen) atoms. The van der Waals surface area contributed by atoms with E-state index in [2.05, 4.69) is 99.0 Å². The van der Waals surface area contributed by atoms with Crippen LogP contribution in [0.5, 0.6) is 0 Å². The molecule has 0 aliphatic heterocycles. The molecule has 0 fully saturated rings. The summed E-state index contributed by atoms with van der Waals surface area (Å²) >= 11 is 0. The highest BCUT2D eigenvalue weighted by atomic mass is 16.3. The van der Waals surface area contributed by atoms with E-state index in [1.165, 1.54) is 0 Å². The molecule has 0 saturated carbocycles. The van der Waals surface area contributed by atoms with Crippen molar-refractivity contribution in [1.29, 1.82) is 0 Å². The predicted octanol–water partition coefficient (Wildman–Crippen LogP) is 14.2. The van der Waals surface area contributed by atoms with Crippen LogP contribution in [-0.2, 0) is 0 Å². The molecule has 3 aromatic heterocycles. The van der Waals surface area contributed by atoms with Gasteiger partial charge >= 0.3 is 0 Å².